The largest absolute Gasteiger partial charge is 0.495 e. The molecular formula is C15H15ClN2O4S. The number of carbonyl (C=O) groups excluding carboxylic acids is 1. The molecule has 6 nitrogen and oxygen atoms in total. The summed E-state index contributed by atoms with van der Waals surface area (Å²) < 4.78 is 32.5. The molecule has 0 fully saturated rings. The topological polar surface area (TPSA) is 98.5 Å². The molecule has 0 radical (unpaired) electrons. The second-order valence-corrected chi connectivity index (χ2v) is 6.91. The maximum atomic E-state index is 12.5. The molecule has 3 N–H and O–H groups in total. The lowest BCUT2D eigenvalue weighted by Gasteiger charge is -2.13. The summed E-state index contributed by atoms with van der Waals surface area (Å²) >= 11 is 5.88. The van der Waals surface area contributed by atoms with E-state index in [4.69, 9.17) is 22.1 Å². The molecule has 0 aliphatic carbocycles. The number of anilines is 1. The molecule has 0 aliphatic rings. The third kappa shape index (κ3) is 3.75. The van der Waals surface area contributed by atoms with E-state index < -0.39 is 15.9 Å². The van der Waals surface area contributed by atoms with Crippen molar-refractivity contribution in [1.29, 1.82) is 0 Å². The van der Waals surface area contributed by atoms with E-state index in [-0.39, 0.29) is 16.1 Å². The van der Waals surface area contributed by atoms with E-state index in [1.807, 2.05) is 0 Å². The van der Waals surface area contributed by atoms with Crippen LogP contribution >= 0.6 is 11.6 Å². The van der Waals surface area contributed by atoms with Gasteiger partial charge in [0.15, 0.2) is 0 Å². The SMILES string of the molecule is COc1ccc(Cl)cc1NS(=O)(=O)c1ccc(C)c(C(N)=O)c1. The van der Waals surface area contributed by atoms with Gasteiger partial charge in [-0.2, -0.15) is 0 Å². The molecule has 0 heterocycles. The number of rotatable bonds is 5. The van der Waals surface area contributed by atoms with E-state index in [9.17, 15) is 13.2 Å². The fraction of sp³-hybridized carbons (Fsp3) is 0.133. The molecule has 0 aliphatic heterocycles. The average molecular weight is 355 g/mol. The summed E-state index contributed by atoms with van der Waals surface area (Å²) in [6.07, 6.45) is 0. The van der Waals surface area contributed by atoms with Crippen molar-refractivity contribution < 1.29 is 17.9 Å². The lowest BCUT2D eigenvalue weighted by Crippen LogP contribution is -2.17. The minimum Gasteiger partial charge on any atom is -0.495 e. The molecule has 23 heavy (non-hydrogen) atoms. The lowest BCUT2D eigenvalue weighted by atomic mass is 10.1. The number of amides is 1. The van der Waals surface area contributed by atoms with Crippen molar-refractivity contribution in [2.45, 2.75) is 11.8 Å². The Labute approximate surface area is 139 Å². The number of ether oxygens (including phenoxy) is 1. The third-order valence-corrected chi connectivity index (χ3v) is 4.79. The van der Waals surface area contributed by atoms with Gasteiger partial charge in [0.1, 0.15) is 5.75 Å². The monoisotopic (exact) mass is 354 g/mol. The summed E-state index contributed by atoms with van der Waals surface area (Å²) in [5, 5.41) is 0.352. The van der Waals surface area contributed by atoms with Crippen molar-refractivity contribution in [3.63, 3.8) is 0 Å². The first-order chi connectivity index (χ1) is 10.7. The van der Waals surface area contributed by atoms with Crippen LogP contribution in [-0.4, -0.2) is 21.4 Å². The van der Waals surface area contributed by atoms with Gasteiger partial charge in [-0.1, -0.05) is 17.7 Å². The highest BCUT2D eigenvalue weighted by Crippen LogP contribution is 2.30. The number of carbonyl (C=O) groups is 1. The van der Waals surface area contributed by atoms with E-state index in [0.29, 0.717) is 16.3 Å². The summed E-state index contributed by atoms with van der Waals surface area (Å²) in [6, 6.07) is 8.70. The third-order valence-electron chi connectivity index (χ3n) is 3.19. The van der Waals surface area contributed by atoms with Crippen LogP contribution in [0.15, 0.2) is 41.3 Å². The number of benzene rings is 2. The predicted molar refractivity (Wildman–Crippen MR) is 88.5 cm³/mol. The summed E-state index contributed by atoms with van der Waals surface area (Å²) in [6.45, 7) is 1.67. The molecule has 1 amide bonds. The Morgan fingerprint density at radius 3 is 2.52 bits per heavy atom. The number of hydrogen-bond acceptors (Lipinski definition) is 4. The first-order valence-corrected chi connectivity index (χ1v) is 8.37. The van der Waals surface area contributed by atoms with Crippen LogP contribution < -0.4 is 15.2 Å². The summed E-state index contributed by atoms with van der Waals surface area (Å²) in [7, 11) is -2.52. The van der Waals surface area contributed by atoms with Crippen molar-refractivity contribution in [3.05, 3.63) is 52.5 Å². The molecule has 0 aromatic heterocycles. The first kappa shape index (κ1) is 17.1. The van der Waals surface area contributed by atoms with E-state index in [0.717, 1.165) is 0 Å². The van der Waals surface area contributed by atoms with E-state index in [1.54, 1.807) is 19.1 Å². The maximum Gasteiger partial charge on any atom is 0.262 e. The lowest BCUT2D eigenvalue weighted by molar-refractivity contribution is 0.0999. The Morgan fingerprint density at radius 1 is 1.22 bits per heavy atom. The van der Waals surface area contributed by atoms with E-state index >= 15 is 0 Å². The molecule has 2 rings (SSSR count). The van der Waals surface area contributed by atoms with Gasteiger partial charge in [-0.25, -0.2) is 8.42 Å². The molecule has 8 heteroatoms. The van der Waals surface area contributed by atoms with Crippen LogP contribution in [0.1, 0.15) is 15.9 Å². The van der Waals surface area contributed by atoms with E-state index in [1.165, 1.54) is 31.4 Å². The Kier molecular flexibility index (Phi) is 4.82. The zero-order valence-corrected chi connectivity index (χ0v) is 14.0. The van der Waals surface area contributed by atoms with Gasteiger partial charge < -0.3 is 10.5 Å². The smallest absolute Gasteiger partial charge is 0.262 e. The molecule has 0 spiro atoms. The van der Waals surface area contributed by atoms with Crippen LogP contribution in [-0.2, 0) is 10.0 Å². The van der Waals surface area contributed by atoms with Crippen LogP contribution in [0.5, 0.6) is 5.75 Å². The van der Waals surface area contributed by atoms with Gasteiger partial charge in [-0.15, -0.1) is 0 Å². The van der Waals surface area contributed by atoms with Crippen molar-refractivity contribution >= 4 is 33.2 Å². The zero-order valence-electron chi connectivity index (χ0n) is 12.5. The highest BCUT2D eigenvalue weighted by molar-refractivity contribution is 7.92. The second-order valence-electron chi connectivity index (χ2n) is 4.79. The van der Waals surface area contributed by atoms with E-state index in [2.05, 4.69) is 4.72 Å². The van der Waals surface area contributed by atoms with Crippen LogP contribution in [0, 0.1) is 6.92 Å². The number of aryl methyl sites for hydroxylation is 1. The Morgan fingerprint density at radius 2 is 1.91 bits per heavy atom. The Bertz CT molecular complexity index is 866. The number of methoxy groups -OCH3 is 1. The second kappa shape index (κ2) is 6.47. The Balaban J connectivity index is 2.46. The number of nitrogens with one attached hydrogen (secondary N) is 1. The molecule has 0 saturated carbocycles. The van der Waals surface area contributed by atoms with Crippen LogP contribution in [0.2, 0.25) is 5.02 Å². The molecule has 2 aromatic carbocycles. The summed E-state index contributed by atoms with van der Waals surface area (Å²) in [4.78, 5) is 11.3. The Hall–Kier alpha value is -2.25. The van der Waals surface area contributed by atoms with Gasteiger partial charge in [-0.3, -0.25) is 9.52 Å². The molecule has 2 aromatic rings. The minimum atomic E-state index is -3.93. The van der Waals surface area contributed by atoms with Crippen molar-refractivity contribution in [1.82, 2.24) is 0 Å². The number of sulfonamides is 1. The summed E-state index contributed by atoms with van der Waals surface area (Å²) in [5.74, 6) is -0.375. The average Bonchev–Trinajstić information content (AvgIpc) is 2.47. The van der Waals surface area contributed by atoms with Gasteiger partial charge in [0.2, 0.25) is 5.91 Å². The highest BCUT2D eigenvalue weighted by Gasteiger charge is 2.19. The van der Waals surface area contributed by atoms with Gasteiger partial charge in [-0.05, 0) is 42.8 Å². The van der Waals surface area contributed by atoms with Gasteiger partial charge in [0, 0.05) is 10.6 Å². The maximum absolute atomic E-state index is 12.5. The fourth-order valence-electron chi connectivity index (χ4n) is 2.00. The fourth-order valence-corrected chi connectivity index (χ4v) is 3.26. The number of primary amides is 1. The molecular weight excluding hydrogens is 340 g/mol. The first-order valence-electron chi connectivity index (χ1n) is 6.51. The normalized spacial score (nSPS) is 11.1. The van der Waals surface area contributed by atoms with Crippen LogP contribution in [0.4, 0.5) is 5.69 Å². The molecule has 0 atom stereocenters. The standard InChI is InChI=1S/C15H15ClN2O4S/c1-9-3-5-11(8-12(9)15(17)19)23(20,21)18-13-7-10(16)4-6-14(13)22-2/h3-8,18H,1-2H3,(H2,17,19). The van der Waals surface area contributed by atoms with Crippen LogP contribution in [0.3, 0.4) is 0 Å². The predicted octanol–water partition coefficient (Wildman–Crippen LogP) is 2.56. The zero-order chi connectivity index (χ0) is 17.2. The molecule has 0 saturated heterocycles. The van der Waals surface area contributed by atoms with Crippen molar-refractivity contribution in [2.75, 3.05) is 11.8 Å². The number of halogens is 1. The number of nitrogens with two attached hydrogens (primary N) is 1. The van der Waals surface area contributed by atoms with Crippen molar-refractivity contribution in [3.8, 4) is 5.75 Å². The molecule has 122 valence electrons. The molecule has 0 bridgehead atoms. The minimum absolute atomic E-state index is 0.0843. The number of hydrogen-bond donors (Lipinski definition) is 2. The molecule has 0 unspecified atom stereocenters. The van der Waals surface area contributed by atoms with Crippen molar-refractivity contribution in [2.24, 2.45) is 5.73 Å². The summed E-state index contributed by atoms with van der Waals surface area (Å²) in [5.41, 5.74) is 6.19. The van der Waals surface area contributed by atoms with Crippen LogP contribution in [0.25, 0.3) is 0 Å². The van der Waals surface area contributed by atoms with Gasteiger partial charge in [0.05, 0.1) is 17.7 Å². The van der Waals surface area contributed by atoms with Gasteiger partial charge in [0.25, 0.3) is 10.0 Å². The van der Waals surface area contributed by atoms with Gasteiger partial charge >= 0.3 is 0 Å². The quantitative estimate of drug-likeness (QED) is 0.861. The highest BCUT2D eigenvalue weighted by atomic mass is 35.5.